The molecule has 0 saturated heterocycles. The number of hydrogen-bond donors (Lipinski definition) is 0. The van der Waals surface area contributed by atoms with Gasteiger partial charge >= 0.3 is 0 Å². The third-order valence-corrected chi connectivity index (χ3v) is 5.52. The first-order valence-corrected chi connectivity index (χ1v) is 9.80. The summed E-state index contributed by atoms with van der Waals surface area (Å²) in [6.45, 7) is 7.44. The zero-order valence-corrected chi connectivity index (χ0v) is 16.2. The maximum atomic E-state index is 6.13. The van der Waals surface area contributed by atoms with E-state index in [1.807, 2.05) is 13.8 Å². The van der Waals surface area contributed by atoms with Gasteiger partial charge in [0.05, 0.1) is 5.69 Å². The average Bonchev–Trinajstić information content (AvgIpc) is 3.01. The van der Waals surface area contributed by atoms with E-state index in [2.05, 4.69) is 27.5 Å². The number of halogens is 1. The van der Waals surface area contributed by atoms with Crippen molar-refractivity contribution in [2.75, 3.05) is 13.2 Å². The molecular weight excluding hydrogens is 338 g/mol. The summed E-state index contributed by atoms with van der Waals surface area (Å²) in [6, 6.07) is 2.10. The van der Waals surface area contributed by atoms with E-state index >= 15 is 0 Å². The van der Waals surface area contributed by atoms with Crippen molar-refractivity contribution in [3.05, 3.63) is 23.2 Å². The number of aromatic nitrogens is 3. The van der Waals surface area contributed by atoms with Crippen LogP contribution in [-0.4, -0.2) is 27.7 Å². The second-order valence-corrected chi connectivity index (χ2v) is 7.04. The zero-order valence-electron chi connectivity index (χ0n) is 15.4. The molecule has 0 aliphatic heterocycles. The molecule has 138 valence electrons. The number of ether oxygens (including phenoxy) is 2. The minimum Gasteiger partial charge on any atom is -0.347 e. The molecule has 1 aliphatic carbocycles. The highest BCUT2D eigenvalue weighted by Crippen LogP contribution is 2.43. The van der Waals surface area contributed by atoms with Crippen LogP contribution in [0.5, 0.6) is 0 Å². The number of nitrogens with zero attached hydrogens (tertiary/aromatic N) is 3. The van der Waals surface area contributed by atoms with E-state index in [0.717, 1.165) is 36.0 Å². The fourth-order valence-electron chi connectivity index (χ4n) is 4.13. The Morgan fingerprint density at radius 2 is 1.84 bits per heavy atom. The van der Waals surface area contributed by atoms with Crippen molar-refractivity contribution >= 4 is 22.6 Å². The lowest BCUT2D eigenvalue weighted by Gasteiger charge is -2.40. The third kappa shape index (κ3) is 3.55. The molecule has 0 N–H and O–H groups in total. The normalized spacial score (nSPS) is 17.5. The van der Waals surface area contributed by atoms with Gasteiger partial charge in [-0.05, 0) is 50.8 Å². The van der Waals surface area contributed by atoms with Gasteiger partial charge in [-0.15, -0.1) is 0 Å². The number of hydrogen-bond acceptors (Lipinski definition) is 4. The molecule has 1 fully saturated rings. The minimum absolute atomic E-state index is 0.0411. The number of fused-ring (bicyclic) bond motifs is 1. The standard InChI is InChI=1S/C19H28ClN3O2/c1-4-19(10-8-7-9-11-19)23-15(17(24-5-2)25-6-3)12-14-13-21-18(20)22-16(14)23/h12-13,17H,4-11H2,1-3H3. The van der Waals surface area contributed by atoms with Crippen molar-refractivity contribution < 1.29 is 9.47 Å². The van der Waals surface area contributed by atoms with Gasteiger partial charge in [0.1, 0.15) is 5.65 Å². The van der Waals surface area contributed by atoms with Gasteiger partial charge in [0.15, 0.2) is 6.29 Å². The van der Waals surface area contributed by atoms with Gasteiger partial charge < -0.3 is 14.0 Å². The van der Waals surface area contributed by atoms with Crippen LogP contribution in [0.1, 0.15) is 71.3 Å². The van der Waals surface area contributed by atoms with Crippen LogP contribution in [0.25, 0.3) is 11.0 Å². The molecule has 5 nitrogen and oxygen atoms in total. The van der Waals surface area contributed by atoms with Gasteiger partial charge in [-0.25, -0.2) is 4.98 Å². The molecule has 2 heterocycles. The lowest BCUT2D eigenvalue weighted by Crippen LogP contribution is -2.37. The van der Waals surface area contributed by atoms with Gasteiger partial charge in [-0.2, -0.15) is 4.98 Å². The molecular formula is C19H28ClN3O2. The minimum atomic E-state index is -0.395. The van der Waals surface area contributed by atoms with Gasteiger partial charge in [-0.1, -0.05) is 26.2 Å². The van der Waals surface area contributed by atoms with Crippen LogP contribution < -0.4 is 0 Å². The Morgan fingerprint density at radius 3 is 2.44 bits per heavy atom. The summed E-state index contributed by atoms with van der Waals surface area (Å²) in [4.78, 5) is 8.74. The highest BCUT2D eigenvalue weighted by atomic mass is 35.5. The summed E-state index contributed by atoms with van der Waals surface area (Å²) in [5.74, 6) is 0. The second-order valence-electron chi connectivity index (χ2n) is 6.70. The Kier molecular flexibility index (Phi) is 5.97. The van der Waals surface area contributed by atoms with Crippen molar-refractivity contribution in [1.82, 2.24) is 14.5 Å². The summed E-state index contributed by atoms with van der Waals surface area (Å²) in [7, 11) is 0. The van der Waals surface area contributed by atoms with Crippen molar-refractivity contribution in [1.29, 1.82) is 0 Å². The molecule has 3 rings (SSSR count). The maximum Gasteiger partial charge on any atom is 0.224 e. The Hall–Kier alpha value is -1.17. The lowest BCUT2D eigenvalue weighted by molar-refractivity contribution is -0.145. The summed E-state index contributed by atoms with van der Waals surface area (Å²) in [5.41, 5.74) is 1.96. The van der Waals surface area contributed by atoms with Crippen molar-refractivity contribution in [2.24, 2.45) is 0 Å². The summed E-state index contributed by atoms with van der Waals surface area (Å²) in [6.07, 6.45) is 8.52. The predicted octanol–water partition coefficient (Wildman–Crippen LogP) is 5.23. The molecule has 0 atom stereocenters. The summed E-state index contributed by atoms with van der Waals surface area (Å²) < 4.78 is 14.2. The van der Waals surface area contributed by atoms with E-state index < -0.39 is 6.29 Å². The Labute approximate surface area is 154 Å². The first-order chi connectivity index (χ1) is 12.1. The summed E-state index contributed by atoms with van der Waals surface area (Å²) in [5, 5.41) is 1.27. The second kappa shape index (κ2) is 8.02. The first-order valence-electron chi connectivity index (χ1n) is 9.42. The van der Waals surface area contributed by atoms with Crippen LogP contribution in [0.3, 0.4) is 0 Å². The highest BCUT2D eigenvalue weighted by Gasteiger charge is 2.37. The average molecular weight is 366 g/mol. The molecule has 0 amide bonds. The fraction of sp³-hybridized carbons (Fsp3) is 0.684. The molecule has 0 radical (unpaired) electrons. The highest BCUT2D eigenvalue weighted by molar-refractivity contribution is 6.28. The molecule has 0 aromatic carbocycles. The van der Waals surface area contributed by atoms with Crippen molar-refractivity contribution in [2.45, 2.75) is 71.1 Å². The molecule has 2 aromatic rings. The Bertz CT molecular complexity index is 704. The predicted molar refractivity (Wildman–Crippen MR) is 99.9 cm³/mol. The molecule has 1 aliphatic rings. The van der Waals surface area contributed by atoms with Gasteiger partial charge in [0, 0.05) is 30.3 Å². The molecule has 25 heavy (non-hydrogen) atoms. The molecule has 0 bridgehead atoms. The largest absolute Gasteiger partial charge is 0.347 e. The van der Waals surface area contributed by atoms with Crippen LogP contribution in [-0.2, 0) is 15.0 Å². The van der Waals surface area contributed by atoms with Crippen LogP contribution >= 0.6 is 11.6 Å². The first kappa shape index (κ1) is 18.6. The molecule has 0 unspecified atom stereocenters. The van der Waals surface area contributed by atoms with Crippen LogP contribution in [0, 0.1) is 0 Å². The van der Waals surface area contributed by atoms with Crippen LogP contribution in [0.15, 0.2) is 12.3 Å². The maximum absolute atomic E-state index is 6.13. The van der Waals surface area contributed by atoms with Crippen molar-refractivity contribution in [3.8, 4) is 0 Å². The SMILES string of the molecule is CCOC(OCC)c1cc2cnc(Cl)nc2n1C1(CC)CCCCC1. The molecule has 2 aromatic heterocycles. The quantitative estimate of drug-likeness (QED) is 0.498. The lowest BCUT2D eigenvalue weighted by atomic mass is 9.79. The topological polar surface area (TPSA) is 49.2 Å². The van der Waals surface area contributed by atoms with Crippen molar-refractivity contribution in [3.63, 3.8) is 0 Å². The number of rotatable bonds is 7. The van der Waals surface area contributed by atoms with Gasteiger partial charge in [0.25, 0.3) is 0 Å². The Morgan fingerprint density at radius 1 is 1.16 bits per heavy atom. The monoisotopic (exact) mass is 365 g/mol. The van der Waals surface area contributed by atoms with E-state index in [9.17, 15) is 0 Å². The van der Waals surface area contributed by atoms with E-state index in [4.69, 9.17) is 21.1 Å². The Balaban J connectivity index is 2.21. The van der Waals surface area contributed by atoms with Crippen LogP contribution in [0.4, 0.5) is 0 Å². The van der Waals surface area contributed by atoms with E-state index in [1.165, 1.54) is 19.3 Å². The fourth-order valence-corrected chi connectivity index (χ4v) is 4.26. The van der Waals surface area contributed by atoms with E-state index in [-0.39, 0.29) is 10.8 Å². The van der Waals surface area contributed by atoms with E-state index in [1.54, 1.807) is 6.20 Å². The smallest absolute Gasteiger partial charge is 0.224 e. The summed E-state index contributed by atoms with van der Waals surface area (Å²) >= 11 is 6.13. The van der Waals surface area contributed by atoms with E-state index in [0.29, 0.717) is 13.2 Å². The molecule has 6 heteroatoms. The zero-order chi connectivity index (χ0) is 17.9. The van der Waals surface area contributed by atoms with Gasteiger partial charge in [-0.3, -0.25) is 0 Å². The molecule has 1 saturated carbocycles. The molecule has 0 spiro atoms. The third-order valence-electron chi connectivity index (χ3n) is 5.33. The van der Waals surface area contributed by atoms with Gasteiger partial charge in [0.2, 0.25) is 5.28 Å². The van der Waals surface area contributed by atoms with Crippen LogP contribution in [0.2, 0.25) is 5.28 Å².